The first kappa shape index (κ1) is 14.9. The molecule has 1 N–H and O–H groups in total. The van der Waals surface area contributed by atoms with Crippen LogP contribution in [0.4, 0.5) is 0 Å². The number of nitrogens with zero attached hydrogens (tertiary/aromatic N) is 1. The van der Waals surface area contributed by atoms with E-state index in [-0.39, 0.29) is 5.54 Å². The van der Waals surface area contributed by atoms with Gasteiger partial charge in [-0.3, -0.25) is 4.99 Å². The van der Waals surface area contributed by atoms with Crippen LogP contribution in [-0.4, -0.2) is 22.5 Å². The maximum absolute atomic E-state index is 4.91. The third kappa shape index (κ3) is 4.90. The van der Waals surface area contributed by atoms with Crippen molar-refractivity contribution in [3.05, 3.63) is 0 Å². The minimum atomic E-state index is 0.269. The zero-order valence-corrected chi connectivity index (χ0v) is 12.7. The third-order valence-corrected chi connectivity index (χ3v) is 4.79. The van der Waals surface area contributed by atoms with Gasteiger partial charge in [0.25, 0.3) is 0 Å². The fourth-order valence-corrected chi connectivity index (χ4v) is 3.30. The Bertz CT molecular complexity index is 253. The van der Waals surface area contributed by atoms with Crippen LogP contribution in [0.5, 0.6) is 0 Å². The van der Waals surface area contributed by atoms with E-state index >= 15 is 0 Å². The lowest BCUT2D eigenvalue weighted by molar-refractivity contribution is 0.463. The average Bonchev–Trinajstić information content (AvgIpc) is 2.69. The van der Waals surface area contributed by atoms with Crippen molar-refractivity contribution >= 4 is 16.9 Å². The lowest BCUT2D eigenvalue weighted by atomic mass is 10.0. The van der Waals surface area contributed by atoms with Crippen molar-refractivity contribution in [2.45, 2.75) is 77.8 Å². The Morgan fingerprint density at radius 2 is 2.06 bits per heavy atom. The summed E-state index contributed by atoms with van der Waals surface area (Å²) in [4.78, 5) is 4.91. The van der Waals surface area contributed by atoms with E-state index in [2.05, 4.69) is 33.0 Å². The number of hydrogen-bond donors (Lipinski definition) is 1. The second-order valence-corrected chi connectivity index (χ2v) is 6.31. The van der Waals surface area contributed by atoms with Crippen LogP contribution in [0.1, 0.15) is 66.2 Å². The van der Waals surface area contributed by atoms with Gasteiger partial charge < -0.3 is 5.32 Å². The number of thioether (sulfide) groups is 1. The lowest BCUT2D eigenvalue weighted by Crippen LogP contribution is -2.40. The van der Waals surface area contributed by atoms with Crippen molar-refractivity contribution < 1.29 is 0 Å². The normalized spacial score (nSPS) is 28.4. The number of rotatable bonds is 7. The average molecular weight is 256 g/mol. The minimum Gasteiger partial charge on any atom is -0.359 e. The highest BCUT2D eigenvalue weighted by Crippen LogP contribution is 2.26. The second-order valence-electron chi connectivity index (χ2n) is 5.35. The molecule has 0 aliphatic carbocycles. The number of aliphatic imine (C=N–C) groups is 1. The van der Waals surface area contributed by atoms with Crippen LogP contribution in [0.3, 0.4) is 0 Å². The highest BCUT2D eigenvalue weighted by Gasteiger charge is 2.30. The van der Waals surface area contributed by atoms with E-state index in [9.17, 15) is 0 Å². The highest BCUT2D eigenvalue weighted by molar-refractivity contribution is 8.14. The molecule has 0 amide bonds. The molecule has 1 fully saturated rings. The zero-order chi connectivity index (χ0) is 12.7. The molecule has 0 spiro atoms. The summed E-state index contributed by atoms with van der Waals surface area (Å²) in [7, 11) is 0. The monoisotopic (exact) mass is 256 g/mol. The first-order valence-electron chi connectivity index (χ1n) is 7.12. The summed E-state index contributed by atoms with van der Waals surface area (Å²) < 4.78 is 0. The van der Waals surface area contributed by atoms with Crippen molar-refractivity contribution in [2.24, 2.45) is 4.99 Å². The van der Waals surface area contributed by atoms with Crippen molar-refractivity contribution in [1.29, 1.82) is 0 Å². The molecule has 0 bridgehead atoms. The first-order chi connectivity index (χ1) is 8.13. The molecule has 1 saturated heterocycles. The summed E-state index contributed by atoms with van der Waals surface area (Å²) in [6.07, 6.45) is 7.47. The largest absolute Gasteiger partial charge is 0.359 e. The van der Waals surface area contributed by atoms with Gasteiger partial charge in [-0.15, -0.1) is 0 Å². The molecular weight excluding hydrogens is 228 g/mol. The van der Waals surface area contributed by atoms with Gasteiger partial charge in [0.2, 0.25) is 0 Å². The molecule has 2 unspecified atom stereocenters. The van der Waals surface area contributed by atoms with Gasteiger partial charge in [0.05, 0.1) is 6.04 Å². The quantitative estimate of drug-likeness (QED) is 0.738. The maximum atomic E-state index is 4.91. The van der Waals surface area contributed by atoms with E-state index < -0.39 is 0 Å². The van der Waals surface area contributed by atoms with Gasteiger partial charge in [-0.25, -0.2) is 0 Å². The third-order valence-electron chi connectivity index (χ3n) is 3.53. The SMILES string of the molecule is CCCCC(CCC)N=C1NC(C)(CC)CS1. The van der Waals surface area contributed by atoms with Crippen LogP contribution in [-0.2, 0) is 0 Å². The van der Waals surface area contributed by atoms with E-state index in [1.54, 1.807) is 0 Å². The van der Waals surface area contributed by atoms with Gasteiger partial charge in [-0.1, -0.05) is 51.8 Å². The Labute approximate surface area is 111 Å². The molecule has 1 heterocycles. The van der Waals surface area contributed by atoms with Crippen LogP contribution in [0.15, 0.2) is 4.99 Å². The van der Waals surface area contributed by atoms with Gasteiger partial charge in [0.1, 0.15) is 0 Å². The lowest BCUT2D eigenvalue weighted by Gasteiger charge is -2.21. The van der Waals surface area contributed by atoms with Crippen LogP contribution < -0.4 is 5.32 Å². The smallest absolute Gasteiger partial charge is 0.157 e. The van der Waals surface area contributed by atoms with Gasteiger partial charge in [-0.05, 0) is 26.2 Å². The second kappa shape index (κ2) is 7.30. The fraction of sp³-hybridized carbons (Fsp3) is 0.929. The number of hydrogen-bond acceptors (Lipinski definition) is 2. The van der Waals surface area contributed by atoms with Crippen LogP contribution in [0, 0.1) is 0 Å². The molecule has 2 nitrogen and oxygen atoms in total. The Morgan fingerprint density at radius 3 is 2.59 bits per heavy atom. The molecule has 2 atom stereocenters. The van der Waals surface area contributed by atoms with E-state index in [0.29, 0.717) is 6.04 Å². The molecule has 0 aromatic rings. The Balaban J connectivity index is 2.53. The summed E-state index contributed by atoms with van der Waals surface area (Å²) in [5.74, 6) is 1.16. The predicted molar refractivity (Wildman–Crippen MR) is 79.9 cm³/mol. The molecular formula is C14H28N2S. The highest BCUT2D eigenvalue weighted by atomic mass is 32.2. The van der Waals surface area contributed by atoms with Crippen molar-refractivity contribution in [1.82, 2.24) is 5.32 Å². The number of amidine groups is 1. The van der Waals surface area contributed by atoms with Gasteiger partial charge in [0.15, 0.2) is 5.17 Å². The van der Waals surface area contributed by atoms with E-state index in [1.165, 1.54) is 43.7 Å². The molecule has 17 heavy (non-hydrogen) atoms. The predicted octanol–water partition coefficient (Wildman–Crippen LogP) is 4.21. The standard InChI is InChI=1S/C14H28N2S/c1-5-8-10-12(9-6-2)15-13-16-14(4,7-3)11-17-13/h12H,5-11H2,1-4H3,(H,15,16). The first-order valence-corrected chi connectivity index (χ1v) is 8.11. The molecule has 100 valence electrons. The van der Waals surface area contributed by atoms with Gasteiger partial charge in [-0.2, -0.15) is 0 Å². The molecule has 1 rings (SSSR count). The van der Waals surface area contributed by atoms with Crippen molar-refractivity contribution in [2.75, 3.05) is 5.75 Å². The zero-order valence-electron chi connectivity index (χ0n) is 11.9. The molecule has 1 aliphatic rings. The molecule has 3 heteroatoms. The fourth-order valence-electron chi connectivity index (χ4n) is 2.03. The molecule has 0 radical (unpaired) electrons. The Hall–Kier alpha value is -0.180. The van der Waals surface area contributed by atoms with Gasteiger partial charge >= 0.3 is 0 Å². The summed E-state index contributed by atoms with van der Waals surface area (Å²) in [5, 5.41) is 4.78. The Kier molecular flexibility index (Phi) is 6.39. The molecule has 0 saturated carbocycles. The van der Waals surface area contributed by atoms with Crippen molar-refractivity contribution in [3.8, 4) is 0 Å². The van der Waals surface area contributed by atoms with E-state index in [4.69, 9.17) is 4.99 Å². The van der Waals surface area contributed by atoms with Crippen LogP contribution >= 0.6 is 11.8 Å². The topological polar surface area (TPSA) is 24.4 Å². The Morgan fingerprint density at radius 1 is 1.29 bits per heavy atom. The summed E-state index contributed by atoms with van der Waals surface area (Å²) in [6, 6.07) is 0.536. The summed E-state index contributed by atoms with van der Waals surface area (Å²) in [5.41, 5.74) is 0.269. The van der Waals surface area contributed by atoms with Gasteiger partial charge in [0, 0.05) is 11.3 Å². The van der Waals surface area contributed by atoms with Crippen LogP contribution in [0.25, 0.3) is 0 Å². The molecule has 1 aliphatic heterocycles. The number of nitrogens with one attached hydrogen (secondary N) is 1. The summed E-state index contributed by atoms with van der Waals surface area (Å²) >= 11 is 1.90. The maximum Gasteiger partial charge on any atom is 0.157 e. The van der Waals surface area contributed by atoms with E-state index in [1.807, 2.05) is 11.8 Å². The van der Waals surface area contributed by atoms with Crippen LogP contribution in [0.2, 0.25) is 0 Å². The summed E-state index contributed by atoms with van der Waals surface area (Å²) in [6.45, 7) is 9.05. The molecule has 0 aromatic heterocycles. The van der Waals surface area contributed by atoms with E-state index in [0.717, 1.165) is 5.75 Å². The number of unbranched alkanes of at least 4 members (excludes halogenated alkanes) is 1. The minimum absolute atomic E-state index is 0.269. The molecule has 0 aromatic carbocycles. The van der Waals surface area contributed by atoms with Crippen molar-refractivity contribution in [3.63, 3.8) is 0 Å².